The lowest BCUT2D eigenvalue weighted by Gasteiger charge is -2.05. The number of halogens is 2. The highest BCUT2D eigenvalue weighted by Gasteiger charge is 2.18. The molecule has 21 heavy (non-hydrogen) atoms. The predicted octanol–water partition coefficient (Wildman–Crippen LogP) is 3.32. The summed E-state index contributed by atoms with van der Waals surface area (Å²) in [6, 6.07) is 5.67. The smallest absolute Gasteiger partial charge is 0.268 e. The molecule has 0 saturated carbocycles. The molecule has 0 atom stereocenters. The lowest BCUT2D eigenvalue weighted by molar-refractivity contribution is 0.103. The van der Waals surface area contributed by atoms with Gasteiger partial charge in [0.25, 0.3) is 5.91 Å². The largest absolute Gasteiger partial charge is 0.397 e. The van der Waals surface area contributed by atoms with Crippen molar-refractivity contribution < 1.29 is 9.18 Å². The number of thiophene rings is 1. The van der Waals surface area contributed by atoms with Crippen molar-refractivity contribution in [1.29, 1.82) is 0 Å². The second-order valence-corrected chi connectivity index (χ2v) is 5.61. The Hall–Kier alpha value is -2.25. The summed E-state index contributed by atoms with van der Waals surface area (Å²) in [6.45, 7) is 0. The van der Waals surface area contributed by atoms with Crippen LogP contribution in [0, 0.1) is 5.82 Å². The number of carbonyl (C=O) groups excluding carboxylic acids is 1. The Balaban J connectivity index is 1.95. The number of aromatic nitrogens is 2. The molecule has 106 valence electrons. The van der Waals surface area contributed by atoms with Crippen LogP contribution in [0.1, 0.15) is 9.67 Å². The first-order valence-corrected chi connectivity index (χ1v) is 7.02. The maximum Gasteiger partial charge on any atom is 0.268 e. The third-order valence-corrected chi connectivity index (χ3v) is 4.15. The summed E-state index contributed by atoms with van der Waals surface area (Å²) in [6.07, 6.45) is 1.49. The third kappa shape index (κ3) is 2.53. The minimum Gasteiger partial charge on any atom is -0.397 e. The maximum atomic E-state index is 13.7. The van der Waals surface area contributed by atoms with Gasteiger partial charge in [0.15, 0.2) is 0 Å². The van der Waals surface area contributed by atoms with Crippen molar-refractivity contribution in [2.75, 3.05) is 11.1 Å². The lowest BCUT2D eigenvalue weighted by Crippen LogP contribution is -2.13. The van der Waals surface area contributed by atoms with Crippen LogP contribution in [0.5, 0.6) is 0 Å². The standard InChI is InChI=1S/C13H8ClFN4OS/c14-6-1-2-9(8(15)5-6)18-12(20)11-10(16)7-3-4-17-19-13(7)21-11/h1-5H,16H2,(H,18,20). The van der Waals surface area contributed by atoms with Crippen molar-refractivity contribution >= 4 is 50.4 Å². The number of hydrogen-bond acceptors (Lipinski definition) is 5. The Bertz CT molecular complexity index is 851. The van der Waals surface area contributed by atoms with Crippen molar-refractivity contribution in [2.45, 2.75) is 0 Å². The fourth-order valence-corrected chi connectivity index (χ4v) is 2.90. The number of nitrogens with one attached hydrogen (secondary N) is 1. The highest BCUT2D eigenvalue weighted by molar-refractivity contribution is 7.21. The van der Waals surface area contributed by atoms with Gasteiger partial charge >= 0.3 is 0 Å². The predicted molar refractivity (Wildman–Crippen MR) is 81.2 cm³/mol. The second kappa shape index (κ2) is 5.27. The SMILES string of the molecule is Nc1c(C(=O)Nc2ccc(Cl)cc2F)sc2nnccc12. The van der Waals surface area contributed by atoms with Crippen LogP contribution in [-0.2, 0) is 0 Å². The van der Waals surface area contributed by atoms with E-state index in [2.05, 4.69) is 15.5 Å². The average Bonchev–Trinajstić information content (AvgIpc) is 2.80. The van der Waals surface area contributed by atoms with Crippen LogP contribution in [0.15, 0.2) is 30.5 Å². The number of anilines is 2. The van der Waals surface area contributed by atoms with Crippen LogP contribution in [0.25, 0.3) is 10.2 Å². The van der Waals surface area contributed by atoms with E-state index in [9.17, 15) is 9.18 Å². The molecule has 0 spiro atoms. The first-order chi connectivity index (χ1) is 10.1. The van der Waals surface area contributed by atoms with Gasteiger partial charge in [0.1, 0.15) is 15.5 Å². The molecule has 0 radical (unpaired) electrons. The number of fused-ring (bicyclic) bond motifs is 1. The minimum absolute atomic E-state index is 0.0346. The highest BCUT2D eigenvalue weighted by Crippen LogP contribution is 2.32. The van der Waals surface area contributed by atoms with Crippen LogP contribution in [-0.4, -0.2) is 16.1 Å². The van der Waals surface area contributed by atoms with Crippen LogP contribution < -0.4 is 11.1 Å². The number of nitrogen functional groups attached to an aromatic ring is 1. The molecule has 0 fully saturated rings. The quantitative estimate of drug-likeness (QED) is 0.758. The van der Waals surface area contributed by atoms with Crippen LogP contribution in [0.4, 0.5) is 15.8 Å². The summed E-state index contributed by atoms with van der Waals surface area (Å²) in [7, 11) is 0. The van der Waals surface area contributed by atoms with E-state index in [0.717, 1.165) is 17.4 Å². The zero-order chi connectivity index (χ0) is 15.0. The van der Waals surface area contributed by atoms with E-state index >= 15 is 0 Å². The molecule has 3 aromatic rings. The van der Waals surface area contributed by atoms with Crippen molar-refractivity contribution in [1.82, 2.24) is 10.2 Å². The molecule has 0 aliphatic rings. The van der Waals surface area contributed by atoms with Gasteiger partial charge in [0.2, 0.25) is 0 Å². The number of nitrogens with two attached hydrogens (primary N) is 1. The normalized spacial score (nSPS) is 10.8. The molecule has 0 unspecified atom stereocenters. The summed E-state index contributed by atoms with van der Waals surface area (Å²) < 4.78 is 13.7. The van der Waals surface area contributed by atoms with Gasteiger partial charge in [-0.1, -0.05) is 11.6 Å². The third-order valence-electron chi connectivity index (χ3n) is 2.81. The molecule has 3 N–H and O–H groups in total. The summed E-state index contributed by atoms with van der Waals surface area (Å²) in [5.74, 6) is -1.12. The van der Waals surface area contributed by atoms with Gasteiger partial charge in [0.05, 0.1) is 17.6 Å². The van der Waals surface area contributed by atoms with Gasteiger partial charge in [-0.25, -0.2) is 4.39 Å². The Labute approximate surface area is 127 Å². The van der Waals surface area contributed by atoms with Crippen LogP contribution >= 0.6 is 22.9 Å². The van der Waals surface area contributed by atoms with Crippen molar-refractivity contribution in [3.8, 4) is 0 Å². The lowest BCUT2D eigenvalue weighted by atomic mass is 10.2. The molecule has 5 nitrogen and oxygen atoms in total. The topological polar surface area (TPSA) is 80.9 Å². The monoisotopic (exact) mass is 322 g/mol. The number of benzene rings is 1. The number of nitrogens with zero attached hydrogens (tertiary/aromatic N) is 2. The van der Waals surface area contributed by atoms with E-state index in [1.807, 2.05) is 0 Å². The van der Waals surface area contributed by atoms with Crippen LogP contribution in [0.3, 0.4) is 0 Å². The Morgan fingerprint density at radius 2 is 2.19 bits per heavy atom. The van der Waals surface area contributed by atoms with Gasteiger partial charge < -0.3 is 11.1 Å². The van der Waals surface area contributed by atoms with Gasteiger partial charge in [-0.2, -0.15) is 5.10 Å². The van der Waals surface area contributed by atoms with E-state index < -0.39 is 11.7 Å². The van der Waals surface area contributed by atoms with E-state index in [1.54, 1.807) is 6.07 Å². The zero-order valence-corrected chi connectivity index (χ0v) is 12.0. The molecule has 0 saturated heterocycles. The summed E-state index contributed by atoms with van der Waals surface area (Å²) in [5.41, 5.74) is 6.26. The first-order valence-electron chi connectivity index (χ1n) is 5.82. The fraction of sp³-hybridized carbons (Fsp3) is 0. The first kappa shape index (κ1) is 13.7. The maximum absolute atomic E-state index is 13.7. The van der Waals surface area contributed by atoms with Crippen molar-refractivity contribution in [2.24, 2.45) is 0 Å². The Morgan fingerprint density at radius 3 is 2.90 bits per heavy atom. The fourth-order valence-electron chi connectivity index (χ4n) is 1.81. The summed E-state index contributed by atoms with van der Waals surface area (Å²) >= 11 is 6.76. The van der Waals surface area contributed by atoms with Gasteiger partial charge in [-0.15, -0.1) is 16.4 Å². The molecular formula is C13H8ClFN4OS. The molecule has 0 bridgehead atoms. The number of amides is 1. The number of carbonyl (C=O) groups is 1. The van der Waals surface area contributed by atoms with Gasteiger partial charge in [-0.05, 0) is 24.3 Å². The number of hydrogen-bond donors (Lipinski definition) is 2. The molecule has 3 rings (SSSR count). The van der Waals surface area contributed by atoms with Gasteiger partial charge in [-0.3, -0.25) is 4.79 Å². The Kier molecular flexibility index (Phi) is 3.44. The summed E-state index contributed by atoms with van der Waals surface area (Å²) in [4.78, 5) is 13.0. The van der Waals surface area contributed by atoms with Gasteiger partial charge in [0, 0.05) is 10.4 Å². The van der Waals surface area contributed by atoms with E-state index in [4.69, 9.17) is 17.3 Å². The van der Waals surface area contributed by atoms with E-state index in [-0.39, 0.29) is 15.6 Å². The Morgan fingerprint density at radius 1 is 1.38 bits per heavy atom. The number of rotatable bonds is 2. The van der Waals surface area contributed by atoms with Crippen molar-refractivity contribution in [3.63, 3.8) is 0 Å². The molecule has 8 heteroatoms. The molecule has 1 amide bonds. The molecule has 2 aromatic heterocycles. The van der Waals surface area contributed by atoms with Crippen LogP contribution in [0.2, 0.25) is 5.02 Å². The minimum atomic E-state index is -0.615. The molecular weight excluding hydrogens is 315 g/mol. The molecule has 0 aliphatic carbocycles. The summed E-state index contributed by atoms with van der Waals surface area (Å²) in [5, 5.41) is 11.0. The van der Waals surface area contributed by atoms with E-state index in [0.29, 0.717) is 15.9 Å². The average molecular weight is 323 g/mol. The zero-order valence-electron chi connectivity index (χ0n) is 10.4. The molecule has 0 aliphatic heterocycles. The second-order valence-electron chi connectivity index (χ2n) is 4.17. The molecule has 2 heterocycles. The van der Waals surface area contributed by atoms with E-state index in [1.165, 1.54) is 18.3 Å². The molecule has 1 aromatic carbocycles. The highest BCUT2D eigenvalue weighted by atomic mass is 35.5. The van der Waals surface area contributed by atoms with Crippen molar-refractivity contribution in [3.05, 3.63) is 46.2 Å².